The second kappa shape index (κ2) is 7.17. The highest BCUT2D eigenvalue weighted by atomic mass is 35.5. The fraction of sp³-hybridized carbons (Fsp3) is 0.571. The van der Waals surface area contributed by atoms with Crippen LogP contribution in [0, 0.1) is 5.41 Å². The molecule has 0 spiro atoms. The molecule has 1 aliphatic heterocycles. The lowest BCUT2D eigenvalue weighted by molar-refractivity contribution is -0.143. The predicted octanol–water partition coefficient (Wildman–Crippen LogP) is 3.51. The molecule has 2 rings (SSSR count). The van der Waals surface area contributed by atoms with Crippen LogP contribution < -0.4 is 5.73 Å². The molecule has 1 aromatic rings. The van der Waals surface area contributed by atoms with E-state index in [1.165, 1.54) is 0 Å². The van der Waals surface area contributed by atoms with Crippen LogP contribution in [-0.2, 0) is 22.4 Å². The molecule has 0 amide bonds. The smallest absolute Gasteiger partial charge is 0.330 e. The molecule has 1 aliphatic rings. The second-order valence-corrected chi connectivity index (χ2v) is 8.28. The van der Waals surface area contributed by atoms with Crippen molar-refractivity contribution >= 4 is 22.4 Å². The average Bonchev–Trinajstić information content (AvgIpc) is 2.89. The summed E-state index contributed by atoms with van der Waals surface area (Å²) in [7, 11) is -4.51. The Hall–Kier alpha value is -1.04. The number of benzene rings is 1. The zero-order chi connectivity index (χ0) is 19.3. The highest BCUT2D eigenvalue weighted by Crippen LogP contribution is 2.39. The van der Waals surface area contributed by atoms with Gasteiger partial charge in [0.2, 0.25) is 10.0 Å². The first-order valence-corrected chi connectivity index (χ1v) is 8.63. The molecule has 1 aromatic carbocycles. The van der Waals surface area contributed by atoms with Crippen LogP contribution in [-0.4, -0.2) is 32.4 Å². The van der Waals surface area contributed by atoms with E-state index in [-0.39, 0.29) is 50.2 Å². The lowest BCUT2D eigenvalue weighted by Crippen LogP contribution is -2.34. The Bertz CT molecular complexity index is 733. The van der Waals surface area contributed by atoms with Crippen molar-refractivity contribution in [2.24, 2.45) is 11.1 Å². The molecule has 0 saturated carbocycles. The van der Waals surface area contributed by atoms with E-state index in [0.717, 1.165) is 4.31 Å². The fourth-order valence-electron chi connectivity index (χ4n) is 2.57. The van der Waals surface area contributed by atoms with Crippen molar-refractivity contribution in [2.75, 3.05) is 19.6 Å². The molecule has 1 saturated heterocycles. The molecule has 26 heavy (non-hydrogen) atoms. The summed E-state index contributed by atoms with van der Waals surface area (Å²) in [6.45, 7) is 1.77. The van der Waals surface area contributed by atoms with Crippen LogP contribution >= 0.6 is 12.4 Å². The standard InChI is InChI=1S/C14H16F6N2O2S.ClH/c1-12(7-21)2-3-22(8-12)25(23,24)11-5-9(13(15,16)17)4-10(6-11)14(18,19)20;/h4-6H,2-3,7-8,21H2,1H3;1H. The molecule has 1 atom stereocenters. The molecular formula is C14H17ClF6N2O2S. The lowest BCUT2D eigenvalue weighted by atomic mass is 9.90. The first-order valence-electron chi connectivity index (χ1n) is 7.19. The van der Waals surface area contributed by atoms with Crippen LogP contribution in [0.5, 0.6) is 0 Å². The summed E-state index contributed by atoms with van der Waals surface area (Å²) >= 11 is 0. The van der Waals surface area contributed by atoms with E-state index in [1.807, 2.05) is 0 Å². The van der Waals surface area contributed by atoms with Gasteiger partial charge in [0.25, 0.3) is 0 Å². The molecule has 150 valence electrons. The van der Waals surface area contributed by atoms with E-state index >= 15 is 0 Å². The maximum Gasteiger partial charge on any atom is 0.416 e. The molecule has 0 aromatic heterocycles. The van der Waals surface area contributed by atoms with Gasteiger partial charge in [-0.3, -0.25) is 0 Å². The fourth-order valence-corrected chi connectivity index (χ4v) is 4.24. The van der Waals surface area contributed by atoms with Gasteiger partial charge < -0.3 is 5.73 Å². The molecule has 2 N–H and O–H groups in total. The van der Waals surface area contributed by atoms with Crippen LogP contribution in [0.2, 0.25) is 0 Å². The molecule has 1 unspecified atom stereocenters. The number of halogens is 7. The van der Waals surface area contributed by atoms with E-state index < -0.39 is 43.8 Å². The molecule has 0 radical (unpaired) electrons. The van der Waals surface area contributed by atoms with Crippen LogP contribution in [0.25, 0.3) is 0 Å². The average molecular weight is 427 g/mol. The van der Waals surface area contributed by atoms with Gasteiger partial charge in [-0.1, -0.05) is 6.92 Å². The third kappa shape index (κ3) is 4.62. The summed E-state index contributed by atoms with van der Waals surface area (Å²) in [5.74, 6) is 0. The maximum atomic E-state index is 12.9. The predicted molar refractivity (Wildman–Crippen MR) is 84.2 cm³/mol. The van der Waals surface area contributed by atoms with Crippen molar-refractivity contribution in [3.63, 3.8) is 0 Å². The minimum absolute atomic E-state index is 0. The third-order valence-corrected chi connectivity index (χ3v) is 6.04. The highest BCUT2D eigenvalue weighted by Gasteiger charge is 2.42. The van der Waals surface area contributed by atoms with Gasteiger partial charge in [0.05, 0.1) is 16.0 Å². The van der Waals surface area contributed by atoms with Gasteiger partial charge in [0.1, 0.15) is 0 Å². The molecule has 12 heteroatoms. The Balaban J connectivity index is 0.00000338. The number of nitrogens with two attached hydrogens (primary N) is 1. The summed E-state index contributed by atoms with van der Waals surface area (Å²) < 4.78 is 103. The van der Waals surface area contributed by atoms with Gasteiger partial charge in [-0.25, -0.2) is 8.42 Å². The van der Waals surface area contributed by atoms with Gasteiger partial charge in [-0.15, -0.1) is 12.4 Å². The van der Waals surface area contributed by atoms with Gasteiger partial charge in [-0.2, -0.15) is 30.6 Å². The summed E-state index contributed by atoms with van der Waals surface area (Å²) in [4.78, 5) is -1.03. The van der Waals surface area contributed by atoms with Crippen molar-refractivity contribution in [3.8, 4) is 0 Å². The summed E-state index contributed by atoms with van der Waals surface area (Å²) in [6.07, 6.45) is -9.85. The number of hydrogen-bond acceptors (Lipinski definition) is 3. The van der Waals surface area contributed by atoms with Gasteiger partial charge in [0, 0.05) is 13.1 Å². The molecule has 1 heterocycles. The number of nitrogens with zero attached hydrogens (tertiary/aromatic N) is 1. The zero-order valence-electron chi connectivity index (χ0n) is 13.5. The van der Waals surface area contributed by atoms with E-state index in [9.17, 15) is 34.8 Å². The number of rotatable bonds is 3. The summed E-state index contributed by atoms with van der Waals surface area (Å²) in [5, 5.41) is 0. The maximum absolute atomic E-state index is 12.9. The quantitative estimate of drug-likeness (QED) is 0.752. The van der Waals surface area contributed by atoms with Crippen LogP contribution in [0.4, 0.5) is 26.3 Å². The van der Waals surface area contributed by atoms with Crippen molar-refractivity contribution in [2.45, 2.75) is 30.6 Å². The van der Waals surface area contributed by atoms with Crippen molar-refractivity contribution in [1.29, 1.82) is 0 Å². The largest absolute Gasteiger partial charge is 0.416 e. The Morgan fingerprint density at radius 3 is 1.88 bits per heavy atom. The minimum atomic E-state index is -5.11. The van der Waals surface area contributed by atoms with Crippen LogP contribution in [0.3, 0.4) is 0 Å². The van der Waals surface area contributed by atoms with Gasteiger partial charge in [-0.05, 0) is 36.6 Å². The first-order chi connectivity index (χ1) is 11.2. The third-order valence-electron chi connectivity index (χ3n) is 4.21. The Morgan fingerprint density at radius 2 is 1.54 bits per heavy atom. The highest BCUT2D eigenvalue weighted by molar-refractivity contribution is 7.89. The van der Waals surface area contributed by atoms with Crippen molar-refractivity contribution in [1.82, 2.24) is 4.31 Å². The Kier molecular flexibility index (Phi) is 6.35. The lowest BCUT2D eigenvalue weighted by Gasteiger charge is -2.23. The van der Waals surface area contributed by atoms with E-state index in [0.29, 0.717) is 6.42 Å². The number of alkyl halides is 6. The van der Waals surface area contributed by atoms with E-state index in [4.69, 9.17) is 5.73 Å². The van der Waals surface area contributed by atoms with Gasteiger partial charge >= 0.3 is 12.4 Å². The van der Waals surface area contributed by atoms with E-state index in [2.05, 4.69) is 0 Å². The Labute approximate surface area is 152 Å². The minimum Gasteiger partial charge on any atom is -0.330 e. The molecular weight excluding hydrogens is 410 g/mol. The topological polar surface area (TPSA) is 63.4 Å². The zero-order valence-corrected chi connectivity index (χ0v) is 15.1. The number of sulfonamides is 1. The van der Waals surface area contributed by atoms with E-state index in [1.54, 1.807) is 6.92 Å². The summed E-state index contributed by atoms with van der Waals surface area (Å²) in [5.41, 5.74) is 1.66. The van der Waals surface area contributed by atoms with Crippen LogP contribution in [0.1, 0.15) is 24.5 Å². The monoisotopic (exact) mass is 426 g/mol. The summed E-state index contributed by atoms with van der Waals surface area (Å²) in [6, 6.07) is 0.346. The van der Waals surface area contributed by atoms with Crippen molar-refractivity contribution in [3.05, 3.63) is 29.3 Å². The normalized spacial score (nSPS) is 22.3. The molecule has 1 fully saturated rings. The molecule has 0 aliphatic carbocycles. The first kappa shape index (κ1) is 23.0. The molecule has 0 bridgehead atoms. The number of hydrogen-bond donors (Lipinski definition) is 1. The van der Waals surface area contributed by atoms with Crippen LogP contribution in [0.15, 0.2) is 23.1 Å². The van der Waals surface area contributed by atoms with Gasteiger partial charge in [0.15, 0.2) is 0 Å². The second-order valence-electron chi connectivity index (χ2n) is 6.34. The van der Waals surface area contributed by atoms with Crippen molar-refractivity contribution < 1.29 is 34.8 Å². The Morgan fingerprint density at radius 1 is 1.08 bits per heavy atom. The molecule has 4 nitrogen and oxygen atoms in total. The SMILES string of the molecule is CC1(CN)CCN(S(=O)(=O)c2cc(C(F)(F)F)cc(C(F)(F)F)c2)C1.Cl.